The van der Waals surface area contributed by atoms with Crippen LogP contribution in [0.25, 0.3) is 0 Å². The average molecular weight is 220 g/mol. The highest BCUT2D eigenvalue weighted by Gasteiger charge is 2.23. The first-order valence-corrected chi connectivity index (χ1v) is 5.64. The maximum Gasteiger partial charge on any atom is 0.168 e. The van der Waals surface area contributed by atoms with Crippen LogP contribution >= 0.6 is 0 Å². The molecule has 0 aromatic heterocycles. The van der Waals surface area contributed by atoms with Gasteiger partial charge in [-0.2, -0.15) is 0 Å². The first kappa shape index (κ1) is 12.9. The van der Waals surface area contributed by atoms with Gasteiger partial charge in [0.25, 0.3) is 0 Å². The fourth-order valence-electron chi connectivity index (χ4n) is 2.08. The fourth-order valence-corrected chi connectivity index (χ4v) is 2.08. The molecule has 2 heteroatoms. The molecule has 0 aliphatic heterocycles. The quantitative estimate of drug-likeness (QED) is 0.850. The van der Waals surface area contributed by atoms with Crippen LogP contribution < -0.4 is 0 Å². The van der Waals surface area contributed by atoms with Gasteiger partial charge in [0.05, 0.1) is 0 Å². The maximum absolute atomic E-state index is 11.8. The van der Waals surface area contributed by atoms with E-state index in [1.165, 1.54) is 0 Å². The molecule has 0 spiro atoms. The number of ketones is 1. The average Bonchev–Trinajstić information content (AvgIpc) is 2.14. The van der Waals surface area contributed by atoms with Crippen LogP contribution in [0.1, 0.15) is 42.2 Å². The molecule has 88 valence electrons. The summed E-state index contributed by atoms with van der Waals surface area (Å²) < 4.78 is 0. The number of benzene rings is 1. The van der Waals surface area contributed by atoms with E-state index in [9.17, 15) is 9.90 Å². The van der Waals surface area contributed by atoms with Gasteiger partial charge in [-0.1, -0.05) is 31.5 Å². The Hall–Kier alpha value is -1.15. The fraction of sp³-hybridized carbons (Fsp3) is 0.500. The summed E-state index contributed by atoms with van der Waals surface area (Å²) in [4.78, 5) is 11.8. The van der Waals surface area contributed by atoms with Gasteiger partial charge in [-0.3, -0.25) is 4.79 Å². The third kappa shape index (κ3) is 2.50. The number of carbonyl (C=O) groups excluding carboxylic acids is 1. The highest BCUT2D eigenvalue weighted by atomic mass is 16.3. The molecule has 0 aliphatic carbocycles. The molecule has 0 bridgehead atoms. The number of Topliss-reactive ketones (excluding diaryl/α,β-unsaturated/α-hetero) is 1. The lowest BCUT2D eigenvalue weighted by atomic mass is 9.90. The van der Waals surface area contributed by atoms with Gasteiger partial charge in [0.15, 0.2) is 5.78 Å². The third-order valence-corrected chi connectivity index (χ3v) is 2.85. The van der Waals surface area contributed by atoms with Crippen LogP contribution in [0.15, 0.2) is 12.1 Å². The Morgan fingerprint density at radius 3 is 1.94 bits per heavy atom. The van der Waals surface area contributed by atoms with Crippen molar-refractivity contribution in [2.24, 2.45) is 5.92 Å². The van der Waals surface area contributed by atoms with E-state index in [4.69, 9.17) is 0 Å². The van der Waals surface area contributed by atoms with Crippen molar-refractivity contribution >= 4 is 5.78 Å². The van der Waals surface area contributed by atoms with E-state index in [1.54, 1.807) is 0 Å². The van der Waals surface area contributed by atoms with E-state index in [0.717, 1.165) is 22.3 Å². The summed E-state index contributed by atoms with van der Waals surface area (Å²) in [6.45, 7) is 9.51. The van der Waals surface area contributed by atoms with Crippen molar-refractivity contribution in [1.29, 1.82) is 0 Å². The van der Waals surface area contributed by atoms with Crippen molar-refractivity contribution in [2.75, 3.05) is 0 Å². The molecule has 1 unspecified atom stereocenters. The number of aryl methyl sites for hydroxylation is 3. The normalized spacial score (nSPS) is 12.9. The molecule has 2 nitrogen and oxygen atoms in total. The van der Waals surface area contributed by atoms with Crippen molar-refractivity contribution in [1.82, 2.24) is 0 Å². The lowest BCUT2D eigenvalue weighted by molar-refractivity contribution is -0.130. The summed E-state index contributed by atoms with van der Waals surface area (Å²) in [7, 11) is 0. The van der Waals surface area contributed by atoms with Gasteiger partial charge in [-0.15, -0.1) is 0 Å². The molecule has 1 atom stereocenters. The molecular weight excluding hydrogens is 200 g/mol. The van der Waals surface area contributed by atoms with Gasteiger partial charge in [-0.05, 0) is 37.5 Å². The summed E-state index contributed by atoms with van der Waals surface area (Å²) in [5.74, 6) is -0.259. The number of aliphatic hydroxyl groups excluding tert-OH is 1. The van der Waals surface area contributed by atoms with Crippen molar-refractivity contribution in [2.45, 2.75) is 40.7 Å². The summed E-state index contributed by atoms with van der Waals surface area (Å²) in [5, 5.41) is 10.1. The Balaban J connectivity index is 3.18. The zero-order valence-corrected chi connectivity index (χ0v) is 10.7. The van der Waals surface area contributed by atoms with E-state index in [2.05, 4.69) is 0 Å². The third-order valence-electron chi connectivity index (χ3n) is 2.85. The highest BCUT2D eigenvalue weighted by Crippen LogP contribution is 2.25. The van der Waals surface area contributed by atoms with Gasteiger partial charge in [-0.25, -0.2) is 0 Å². The van der Waals surface area contributed by atoms with Crippen LogP contribution in [0.2, 0.25) is 0 Å². The molecule has 1 aromatic carbocycles. The Bertz CT molecular complexity index is 382. The predicted octanol–water partition coefficient (Wildman–Crippen LogP) is 2.87. The minimum Gasteiger partial charge on any atom is -0.381 e. The van der Waals surface area contributed by atoms with Crippen LogP contribution in [0, 0.1) is 26.7 Å². The van der Waals surface area contributed by atoms with E-state index in [1.807, 2.05) is 46.8 Å². The minimum atomic E-state index is -0.986. The molecular formula is C14H20O2. The lowest BCUT2D eigenvalue weighted by Crippen LogP contribution is -2.19. The van der Waals surface area contributed by atoms with E-state index in [0.29, 0.717) is 0 Å². The Kier molecular flexibility index (Phi) is 3.87. The highest BCUT2D eigenvalue weighted by molar-refractivity contribution is 5.86. The second-order valence-electron chi connectivity index (χ2n) is 4.77. The van der Waals surface area contributed by atoms with Gasteiger partial charge in [0.2, 0.25) is 0 Å². The topological polar surface area (TPSA) is 37.3 Å². The number of aliphatic hydroxyl groups is 1. The van der Waals surface area contributed by atoms with Crippen LogP contribution in [0.5, 0.6) is 0 Å². The maximum atomic E-state index is 11.8. The Morgan fingerprint density at radius 1 is 1.12 bits per heavy atom. The van der Waals surface area contributed by atoms with Gasteiger partial charge < -0.3 is 5.11 Å². The molecule has 1 rings (SSSR count). The second-order valence-corrected chi connectivity index (χ2v) is 4.77. The molecule has 0 aliphatic rings. The largest absolute Gasteiger partial charge is 0.381 e. The molecule has 0 radical (unpaired) electrons. The van der Waals surface area contributed by atoms with Gasteiger partial charge in [0.1, 0.15) is 6.10 Å². The molecule has 16 heavy (non-hydrogen) atoms. The zero-order chi connectivity index (χ0) is 12.5. The number of hydrogen-bond acceptors (Lipinski definition) is 2. The standard InChI is InChI=1S/C14H20O2/c1-8(2)13(15)14(16)12-10(4)6-9(3)7-11(12)5/h6-8,14,16H,1-5H3. The monoisotopic (exact) mass is 220 g/mol. The summed E-state index contributed by atoms with van der Waals surface area (Å²) >= 11 is 0. The molecule has 0 amide bonds. The number of rotatable bonds is 3. The van der Waals surface area contributed by atoms with Crippen molar-refractivity contribution in [3.05, 3.63) is 34.4 Å². The van der Waals surface area contributed by atoms with Crippen molar-refractivity contribution < 1.29 is 9.90 Å². The molecule has 1 aromatic rings. The van der Waals surface area contributed by atoms with Crippen LogP contribution in [-0.4, -0.2) is 10.9 Å². The second kappa shape index (κ2) is 4.79. The molecule has 0 saturated carbocycles. The van der Waals surface area contributed by atoms with E-state index in [-0.39, 0.29) is 11.7 Å². The predicted molar refractivity (Wildman–Crippen MR) is 65.5 cm³/mol. The van der Waals surface area contributed by atoms with Crippen LogP contribution in [-0.2, 0) is 4.79 Å². The van der Waals surface area contributed by atoms with Crippen LogP contribution in [0.3, 0.4) is 0 Å². The summed E-state index contributed by atoms with van der Waals surface area (Å²) in [5.41, 5.74) is 3.89. The van der Waals surface area contributed by atoms with E-state index < -0.39 is 6.10 Å². The van der Waals surface area contributed by atoms with Gasteiger partial charge >= 0.3 is 0 Å². The molecule has 1 N–H and O–H groups in total. The first-order valence-electron chi connectivity index (χ1n) is 5.64. The Labute approximate surface area is 97.3 Å². The Morgan fingerprint density at radius 2 is 1.56 bits per heavy atom. The lowest BCUT2D eigenvalue weighted by Gasteiger charge is -2.18. The molecule has 0 saturated heterocycles. The summed E-state index contributed by atoms with van der Waals surface area (Å²) in [6, 6.07) is 4.00. The first-order chi connectivity index (χ1) is 7.34. The molecule has 0 fully saturated rings. The molecule has 0 heterocycles. The van der Waals surface area contributed by atoms with Gasteiger partial charge in [0, 0.05) is 5.92 Å². The van der Waals surface area contributed by atoms with Crippen LogP contribution in [0.4, 0.5) is 0 Å². The van der Waals surface area contributed by atoms with E-state index >= 15 is 0 Å². The van der Waals surface area contributed by atoms with Crippen molar-refractivity contribution in [3.63, 3.8) is 0 Å². The zero-order valence-electron chi connectivity index (χ0n) is 10.7. The smallest absolute Gasteiger partial charge is 0.168 e. The SMILES string of the molecule is Cc1cc(C)c(C(O)C(=O)C(C)C)c(C)c1. The number of hydrogen-bond donors (Lipinski definition) is 1. The van der Waals surface area contributed by atoms with Crippen molar-refractivity contribution in [3.8, 4) is 0 Å². The minimum absolute atomic E-state index is 0.116. The summed E-state index contributed by atoms with van der Waals surface area (Å²) in [6.07, 6.45) is -0.986. The number of carbonyl (C=O) groups is 1.